The van der Waals surface area contributed by atoms with E-state index in [1.807, 2.05) is 24.4 Å². The Morgan fingerprint density at radius 2 is 2.07 bits per heavy atom. The van der Waals surface area contributed by atoms with Gasteiger partial charge in [0.15, 0.2) is 0 Å². The quantitative estimate of drug-likeness (QED) is 0.723. The van der Waals surface area contributed by atoms with Crippen LogP contribution >= 0.6 is 34.5 Å². The molecule has 2 heterocycles. The zero-order valence-corrected chi connectivity index (χ0v) is 9.75. The number of aromatic nitrogens is 1. The third-order valence-corrected chi connectivity index (χ3v) is 3.68. The molecule has 0 radical (unpaired) electrons. The molecule has 0 aliphatic carbocycles. The predicted octanol–water partition coefficient (Wildman–Crippen LogP) is 4.43. The van der Waals surface area contributed by atoms with E-state index in [0.717, 1.165) is 21.2 Å². The molecule has 0 N–H and O–H groups in total. The lowest BCUT2D eigenvalue weighted by Gasteiger charge is -2.01. The van der Waals surface area contributed by atoms with Crippen molar-refractivity contribution < 1.29 is 0 Å². The summed E-state index contributed by atoms with van der Waals surface area (Å²) in [7, 11) is 0. The Morgan fingerprint density at radius 3 is 2.64 bits per heavy atom. The average molecular weight is 244 g/mol. The summed E-state index contributed by atoms with van der Waals surface area (Å²) in [5, 5.41) is 3.37. The molecule has 2 aromatic heterocycles. The summed E-state index contributed by atoms with van der Waals surface area (Å²) in [6.45, 7) is 1.88. The molecule has 2 rings (SSSR count). The highest BCUT2D eigenvalue weighted by molar-refractivity contribution is 7.14. The van der Waals surface area contributed by atoms with Gasteiger partial charge in [-0.05, 0) is 24.4 Å². The number of rotatable bonds is 1. The number of hydrogen-bond acceptors (Lipinski definition) is 2. The minimum absolute atomic E-state index is 0.673. The van der Waals surface area contributed by atoms with Gasteiger partial charge in [-0.25, -0.2) is 0 Å². The summed E-state index contributed by atoms with van der Waals surface area (Å²) in [5.41, 5.74) is 1.81. The van der Waals surface area contributed by atoms with Crippen molar-refractivity contribution in [2.75, 3.05) is 0 Å². The summed E-state index contributed by atoms with van der Waals surface area (Å²) in [5.74, 6) is 0. The van der Waals surface area contributed by atoms with Gasteiger partial charge >= 0.3 is 0 Å². The van der Waals surface area contributed by atoms with Crippen molar-refractivity contribution in [3.8, 4) is 10.4 Å². The van der Waals surface area contributed by atoms with Gasteiger partial charge in [-0.1, -0.05) is 23.2 Å². The predicted molar refractivity (Wildman–Crippen MR) is 62.3 cm³/mol. The molecule has 4 heteroatoms. The highest BCUT2D eigenvalue weighted by atomic mass is 35.5. The molecule has 0 aromatic carbocycles. The van der Waals surface area contributed by atoms with E-state index < -0.39 is 0 Å². The number of nitrogens with zero attached hydrogens (tertiary/aromatic N) is 1. The first-order valence-corrected chi connectivity index (χ1v) is 5.67. The third kappa shape index (κ3) is 1.78. The van der Waals surface area contributed by atoms with Crippen LogP contribution in [0.25, 0.3) is 10.4 Å². The lowest BCUT2D eigenvalue weighted by molar-refractivity contribution is 1.20. The first kappa shape index (κ1) is 9.97. The first-order valence-electron chi connectivity index (χ1n) is 4.04. The van der Waals surface area contributed by atoms with Gasteiger partial charge in [0.05, 0.1) is 20.6 Å². The maximum atomic E-state index is 6.01. The number of aryl methyl sites for hydroxylation is 1. The largest absolute Gasteiger partial charge is 0.259 e. The van der Waals surface area contributed by atoms with Crippen molar-refractivity contribution in [3.05, 3.63) is 39.4 Å². The van der Waals surface area contributed by atoms with Crippen molar-refractivity contribution in [2.24, 2.45) is 0 Å². The number of hydrogen-bond donors (Lipinski definition) is 0. The molecule has 0 unspecified atom stereocenters. The van der Waals surface area contributed by atoms with E-state index in [1.165, 1.54) is 0 Å². The van der Waals surface area contributed by atoms with Gasteiger partial charge in [-0.2, -0.15) is 0 Å². The van der Waals surface area contributed by atoms with Crippen LogP contribution in [0.5, 0.6) is 0 Å². The summed E-state index contributed by atoms with van der Waals surface area (Å²) < 4.78 is 0. The van der Waals surface area contributed by atoms with Gasteiger partial charge in [-0.3, -0.25) is 4.98 Å². The fraction of sp³-hybridized carbons (Fsp3) is 0.100. The highest BCUT2D eigenvalue weighted by Gasteiger charge is 2.06. The molecule has 0 atom stereocenters. The van der Waals surface area contributed by atoms with Gasteiger partial charge in [0.2, 0.25) is 0 Å². The van der Waals surface area contributed by atoms with Crippen molar-refractivity contribution in [1.82, 2.24) is 4.98 Å². The monoisotopic (exact) mass is 243 g/mol. The Labute approximate surface area is 96.3 Å². The maximum absolute atomic E-state index is 6.01. The molecule has 1 nitrogen and oxygen atoms in total. The summed E-state index contributed by atoms with van der Waals surface area (Å²) in [6, 6.07) is 3.76. The SMILES string of the molecule is Cc1ncc(-c2sccc2Cl)cc1Cl. The topological polar surface area (TPSA) is 12.9 Å². The van der Waals surface area contributed by atoms with Gasteiger partial charge in [0.1, 0.15) is 0 Å². The summed E-state index contributed by atoms with van der Waals surface area (Å²) >= 11 is 13.6. The van der Waals surface area contributed by atoms with Crippen molar-refractivity contribution in [1.29, 1.82) is 0 Å². The Bertz CT molecular complexity index is 465. The van der Waals surface area contributed by atoms with E-state index >= 15 is 0 Å². The zero-order valence-electron chi connectivity index (χ0n) is 7.42. The van der Waals surface area contributed by atoms with Crippen LogP contribution in [-0.2, 0) is 0 Å². The van der Waals surface area contributed by atoms with Crippen molar-refractivity contribution >= 4 is 34.5 Å². The van der Waals surface area contributed by atoms with Crippen LogP contribution in [0, 0.1) is 6.92 Å². The lowest BCUT2D eigenvalue weighted by Crippen LogP contribution is -1.83. The molecule has 0 aliphatic rings. The fourth-order valence-corrected chi connectivity index (χ4v) is 2.45. The second kappa shape index (κ2) is 3.89. The second-order valence-electron chi connectivity index (χ2n) is 2.89. The fourth-order valence-electron chi connectivity index (χ4n) is 1.13. The van der Waals surface area contributed by atoms with E-state index in [2.05, 4.69) is 4.98 Å². The van der Waals surface area contributed by atoms with Gasteiger partial charge in [0, 0.05) is 11.8 Å². The van der Waals surface area contributed by atoms with E-state index in [-0.39, 0.29) is 0 Å². The molecule has 0 saturated carbocycles. The average Bonchev–Trinajstić information content (AvgIpc) is 2.57. The van der Waals surface area contributed by atoms with Crippen LogP contribution in [0.3, 0.4) is 0 Å². The van der Waals surface area contributed by atoms with E-state index in [0.29, 0.717) is 5.02 Å². The molecular weight excluding hydrogens is 237 g/mol. The van der Waals surface area contributed by atoms with Crippen LogP contribution in [0.4, 0.5) is 0 Å². The van der Waals surface area contributed by atoms with E-state index in [9.17, 15) is 0 Å². The number of halogens is 2. The summed E-state index contributed by atoms with van der Waals surface area (Å²) in [4.78, 5) is 5.21. The molecule has 14 heavy (non-hydrogen) atoms. The lowest BCUT2D eigenvalue weighted by atomic mass is 10.2. The Kier molecular flexibility index (Phi) is 2.77. The molecule has 0 fully saturated rings. The second-order valence-corrected chi connectivity index (χ2v) is 4.62. The van der Waals surface area contributed by atoms with Gasteiger partial charge in [0.25, 0.3) is 0 Å². The Balaban J connectivity index is 2.53. The minimum Gasteiger partial charge on any atom is -0.259 e. The normalized spacial score (nSPS) is 10.5. The molecule has 0 bridgehead atoms. The Hall–Kier alpha value is -0.570. The van der Waals surface area contributed by atoms with Crippen LogP contribution in [-0.4, -0.2) is 4.98 Å². The molecule has 0 spiro atoms. The van der Waals surface area contributed by atoms with Crippen LogP contribution in [0.15, 0.2) is 23.7 Å². The minimum atomic E-state index is 0.673. The summed E-state index contributed by atoms with van der Waals surface area (Å²) in [6.07, 6.45) is 1.79. The van der Waals surface area contributed by atoms with Crippen molar-refractivity contribution in [2.45, 2.75) is 6.92 Å². The maximum Gasteiger partial charge on any atom is 0.0625 e. The Morgan fingerprint density at radius 1 is 1.29 bits per heavy atom. The van der Waals surface area contributed by atoms with Crippen molar-refractivity contribution in [3.63, 3.8) is 0 Å². The van der Waals surface area contributed by atoms with E-state index in [4.69, 9.17) is 23.2 Å². The molecule has 72 valence electrons. The van der Waals surface area contributed by atoms with E-state index in [1.54, 1.807) is 17.5 Å². The van der Waals surface area contributed by atoms with Gasteiger partial charge < -0.3 is 0 Å². The molecule has 2 aromatic rings. The smallest absolute Gasteiger partial charge is 0.0625 e. The molecular formula is C10H7Cl2NS. The van der Waals surface area contributed by atoms with Gasteiger partial charge in [-0.15, -0.1) is 11.3 Å². The number of pyridine rings is 1. The third-order valence-electron chi connectivity index (χ3n) is 1.90. The molecule has 0 saturated heterocycles. The van der Waals surface area contributed by atoms with Crippen LogP contribution in [0.1, 0.15) is 5.69 Å². The number of thiophene rings is 1. The highest BCUT2D eigenvalue weighted by Crippen LogP contribution is 2.34. The van der Waals surface area contributed by atoms with Crippen LogP contribution in [0.2, 0.25) is 10.0 Å². The molecule has 0 aliphatic heterocycles. The zero-order chi connectivity index (χ0) is 10.1. The molecule has 0 amide bonds. The first-order chi connectivity index (χ1) is 6.68. The van der Waals surface area contributed by atoms with Crippen LogP contribution < -0.4 is 0 Å². The standard InChI is InChI=1S/C10H7Cl2NS/c1-6-9(12)4-7(5-13-6)10-8(11)2-3-14-10/h2-5H,1H3.